The summed E-state index contributed by atoms with van der Waals surface area (Å²) in [6, 6.07) is 4.90. The quantitative estimate of drug-likeness (QED) is 0.868. The van der Waals surface area contributed by atoms with Gasteiger partial charge in [-0.15, -0.1) is 11.3 Å². The molecule has 2 atom stereocenters. The van der Waals surface area contributed by atoms with Crippen LogP contribution in [-0.2, 0) is 0 Å². The molecule has 0 aliphatic heterocycles. The number of aliphatic hydroxyl groups is 1. The summed E-state index contributed by atoms with van der Waals surface area (Å²) in [5.41, 5.74) is 0. The molecule has 2 N–H and O–H groups in total. The fourth-order valence-electron chi connectivity index (χ4n) is 1.35. The highest BCUT2D eigenvalue weighted by molar-refractivity contribution is 9.11. The minimum absolute atomic E-state index is 0.245. The molecule has 2 unspecified atom stereocenters. The van der Waals surface area contributed by atoms with Crippen molar-refractivity contribution in [2.45, 2.75) is 32.4 Å². The zero-order chi connectivity index (χ0) is 10.6. The first-order chi connectivity index (χ1) is 6.63. The Balaban J connectivity index is 2.45. The molecule has 0 bridgehead atoms. The van der Waals surface area contributed by atoms with Gasteiger partial charge in [0.15, 0.2) is 0 Å². The minimum Gasteiger partial charge on any atom is -0.396 e. The standard InChI is InChI=1S/C10H16BrNOS/c1-7(5-6-13)12-8(2)9-3-4-10(11)14-9/h3-4,7-8,12-13H,5-6H2,1-2H3. The van der Waals surface area contributed by atoms with Gasteiger partial charge in [-0.25, -0.2) is 0 Å². The molecule has 0 saturated heterocycles. The Morgan fingerprint density at radius 2 is 2.21 bits per heavy atom. The normalized spacial score (nSPS) is 15.4. The highest BCUT2D eigenvalue weighted by atomic mass is 79.9. The largest absolute Gasteiger partial charge is 0.396 e. The van der Waals surface area contributed by atoms with Gasteiger partial charge in [0.2, 0.25) is 0 Å². The molecule has 0 radical (unpaired) electrons. The second kappa shape index (κ2) is 5.85. The van der Waals surface area contributed by atoms with Gasteiger partial charge in [0.1, 0.15) is 0 Å². The molecule has 0 aliphatic rings. The predicted octanol–water partition coefficient (Wildman–Crippen LogP) is 2.93. The molecule has 1 rings (SSSR count). The van der Waals surface area contributed by atoms with Crippen molar-refractivity contribution in [1.82, 2.24) is 5.32 Å². The highest BCUT2D eigenvalue weighted by Gasteiger charge is 2.10. The van der Waals surface area contributed by atoms with Crippen molar-refractivity contribution in [3.05, 3.63) is 20.8 Å². The monoisotopic (exact) mass is 277 g/mol. The second-order valence-corrected chi connectivity index (χ2v) is 5.94. The maximum absolute atomic E-state index is 8.78. The fourth-order valence-corrected chi connectivity index (χ4v) is 2.78. The van der Waals surface area contributed by atoms with Crippen LogP contribution in [0.5, 0.6) is 0 Å². The Bertz CT molecular complexity index is 277. The van der Waals surface area contributed by atoms with E-state index in [4.69, 9.17) is 5.11 Å². The third-order valence-electron chi connectivity index (χ3n) is 2.12. The lowest BCUT2D eigenvalue weighted by molar-refractivity contribution is 0.265. The molecular formula is C10H16BrNOS. The first kappa shape index (κ1) is 12.2. The summed E-state index contributed by atoms with van der Waals surface area (Å²) in [4.78, 5) is 1.32. The van der Waals surface area contributed by atoms with Gasteiger partial charge in [0.05, 0.1) is 3.79 Å². The molecule has 0 saturated carbocycles. The van der Waals surface area contributed by atoms with Crippen molar-refractivity contribution >= 4 is 27.3 Å². The fraction of sp³-hybridized carbons (Fsp3) is 0.600. The van der Waals surface area contributed by atoms with Gasteiger partial charge in [-0.2, -0.15) is 0 Å². The summed E-state index contributed by atoms with van der Waals surface area (Å²) in [7, 11) is 0. The molecule has 0 aromatic carbocycles. The van der Waals surface area contributed by atoms with Crippen molar-refractivity contribution in [2.24, 2.45) is 0 Å². The molecular weight excluding hydrogens is 262 g/mol. The average molecular weight is 278 g/mol. The van der Waals surface area contributed by atoms with Crippen molar-refractivity contribution < 1.29 is 5.11 Å². The van der Waals surface area contributed by atoms with Crippen LogP contribution in [0.3, 0.4) is 0 Å². The molecule has 0 aliphatic carbocycles. The van der Waals surface area contributed by atoms with E-state index >= 15 is 0 Å². The number of hydrogen-bond acceptors (Lipinski definition) is 3. The predicted molar refractivity (Wildman–Crippen MR) is 64.7 cm³/mol. The van der Waals surface area contributed by atoms with E-state index in [1.807, 2.05) is 0 Å². The smallest absolute Gasteiger partial charge is 0.0701 e. The lowest BCUT2D eigenvalue weighted by Crippen LogP contribution is -2.29. The summed E-state index contributed by atoms with van der Waals surface area (Å²) in [6.45, 7) is 4.48. The van der Waals surface area contributed by atoms with Crippen molar-refractivity contribution in [3.8, 4) is 0 Å². The number of thiophene rings is 1. The van der Waals surface area contributed by atoms with Crippen LogP contribution in [0.2, 0.25) is 0 Å². The van der Waals surface area contributed by atoms with Crippen LogP contribution in [0.15, 0.2) is 15.9 Å². The maximum atomic E-state index is 8.78. The van der Waals surface area contributed by atoms with Gasteiger partial charge >= 0.3 is 0 Å². The van der Waals surface area contributed by atoms with E-state index in [2.05, 4.69) is 47.2 Å². The molecule has 4 heteroatoms. The van der Waals surface area contributed by atoms with Crippen LogP contribution >= 0.6 is 27.3 Å². The first-order valence-corrected chi connectivity index (χ1v) is 6.36. The van der Waals surface area contributed by atoms with Crippen LogP contribution in [0, 0.1) is 0 Å². The Morgan fingerprint density at radius 3 is 2.71 bits per heavy atom. The van der Waals surface area contributed by atoms with Gasteiger partial charge in [0.25, 0.3) is 0 Å². The van der Waals surface area contributed by atoms with E-state index < -0.39 is 0 Å². The molecule has 2 nitrogen and oxygen atoms in total. The summed E-state index contributed by atoms with van der Waals surface area (Å²) in [5, 5.41) is 12.2. The van der Waals surface area contributed by atoms with Gasteiger partial charge in [-0.3, -0.25) is 0 Å². The van der Waals surface area contributed by atoms with E-state index in [1.165, 1.54) is 4.88 Å². The SMILES string of the molecule is CC(CCO)NC(C)c1ccc(Br)s1. The van der Waals surface area contributed by atoms with E-state index in [9.17, 15) is 0 Å². The van der Waals surface area contributed by atoms with Gasteiger partial charge in [-0.05, 0) is 48.3 Å². The van der Waals surface area contributed by atoms with Crippen LogP contribution in [0.25, 0.3) is 0 Å². The molecule has 1 aromatic rings. The molecule has 0 amide bonds. The molecule has 0 fully saturated rings. The number of aliphatic hydroxyl groups excluding tert-OH is 1. The summed E-state index contributed by atoms with van der Waals surface area (Å²) < 4.78 is 1.16. The molecule has 1 heterocycles. The molecule has 14 heavy (non-hydrogen) atoms. The lowest BCUT2D eigenvalue weighted by Gasteiger charge is -2.18. The van der Waals surface area contributed by atoms with E-state index in [0.717, 1.165) is 10.2 Å². The van der Waals surface area contributed by atoms with Gasteiger partial charge in [0, 0.05) is 23.6 Å². The third kappa shape index (κ3) is 3.69. The lowest BCUT2D eigenvalue weighted by atomic mass is 10.2. The highest BCUT2D eigenvalue weighted by Crippen LogP contribution is 2.27. The molecule has 1 aromatic heterocycles. The van der Waals surface area contributed by atoms with Crippen LogP contribution in [0.4, 0.5) is 0 Å². The summed E-state index contributed by atoms with van der Waals surface area (Å²) in [5.74, 6) is 0. The van der Waals surface area contributed by atoms with Crippen molar-refractivity contribution in [1.29, 1.82) is 0 Å². The minimum atomic E-state index is 0.245. The van der Waals surface area contributed by atoms with Crippen LogP contribution < -0.4 is 5.32 Å². The van der Waals surface area contributed by atoms with Gasteiger partial charge < -0.3 is 10.4 Å². The number of halogens is 1. The molecule has 0 spiro atoms. The average Bonchev–Trinajstić information content (AvgIpc) is 2.52. The van der Waals surface area contributed by atoms with Crippen LogP contribution in [-0.4, -0.2) is 17.8 Å². The number of hydrogen-bond donors (Lipinski definition) is 2. The maximum Gasteiger partial charge on any atom is 0.0701 e. The Morgan fingerprint density at radius 1 is 1.50 bits per heavy atom. The van der Waals surface area contributed by atoms with Gasteiger partial charge in [-0.1, -0.05) is 0 Å². The van der Waals surface area contributed by atoms with Crippen molar-refractivity contribution in [3.63, 3.8) is 0 Å². The van der Waals surface area contributed by atoms with E-state index in [0.29, 0.717) is 12.1 Å². The first-order valence-electron chi connectivity index (χ1n) is 4.75. The van der Waals surface area contributed by atoms with E-state index in [1.54, 1.807) is 11.3 Å². The summed E-state index contributed by atoms with van der Waals surface area (Å²) in [6.07, 6.45) is 0.802. The third-order valence-corrected chi connectivity index (χ3v) is 3.92. The van der Waals surface area contributed by atoms with Crippen LogP contribution in [0.1, 0.15) is 31.2 Å². The van der Waals surface area contributed by atoms with E-state index in [-0.39, 0.29) is 6.61 Å². The Labute approximate surface area is 97.5 Å². The number of rotatable bonds is 5. The summed E-state index contributed by atoms with van der Waals surface area (Å²) >= 11 is 5.20. The number of nitrogens with one attached hydrogen (secondary N) is 1. The Kier molecular flexibility index (Phi) is 5.09. The zero-order valence-corrected chi connectivity index (χ0v) is 10.9. The Hall–Kier alpha value is 0.1000. The van der Waals surface area contributed by atoms with Crippen molar-refractivity contribution in [2.75, 3.05) is 6.61 Å². The molecule has 80 valence electrons. The zero-order valence-electron chi connectivity index (χ0n) is 8.46. The second-order valence-electron chi connectivity index (χ2n) is 3.44. The topological polar surface area (TPSA) is 32.3 Å².